The molecule has 3 aromatic rings. The molecule has 4 rings (SSSR count). The maximum atomic E-state index is 5.39. The Hall–Kier alpha value is -2.21. The molecular formula is C15H17N5O. The van der Waals surface area contributed by atoms with E-state index in [1.807, 2.05) is 24.3 Å². The number of hydrogen-bond acceptors (Lipinski definition) is 5. The molecule has 1 atom stereocenters. The molecule has 2 N–H and O–H groups in total. The van der Waals surface area contributed by atoms with Crippen molar-refractivity contribution in [1.29, 1.82) is 0 Å². The first-order chi connectivity index (χ1) is 10.4. The fourth-order valence-electron chi connectivity index (χ4n) is 2.78. The lowest BCUT2D eigenvalue weighted by atomic mass is 10.1. The van der Waals surface area contributed by atoms with Crippen LogP contribution < -0.4 is 5.32 Å². The molecular weight excluding hydrogens is 266 g/mol. The second kappa shape index (κ2) is 5.29. The van der Waals surface area contributed by atoms with Crippen LogP contribution in [0.5, 0.6) is 0 Å². The van der Waals surface area contributed by atoms with E-state index in [9.17, 15) is 0 Å². The molecule has 1 saturated heterocycles. The molecule has 0 aliphatic carbocycles. The molecule has 2 aromatic heterocycles. The minimum Gasteiger partial charge on any atom is -0.342 e. The van der Waals surface area contributed by atoms with E-state index in [1.54, 1.807) is 0 Å². The molecule has 0 amide bonds. The Morgan fingerprint density at radius 3 is 3.00 bits per heavy atom. The van der Waals surface area contributed by atoms with Gasteiger partial charge >= 0.3 is 0 Å². The summed E-state index contributed by atoms with van der Waals surface area (Å²) in [5.74, 6) is 2.23. The lowest BCUT2D eigenvalue weighted by Crippen LogP contribution is -2.27. The van der Waals surface area contributed by atoms with Gasteiger partial charge in [0.05, 0.1) is 23.5 Å². The third-order valence-electron chi connectivity index (χ3n) is 3.86. The number of nitrogens with one attached hydrogen (secondary N) is 2. The molecule has 0 radical (unpaired) electrons. The van der Waals surface area contributed by atoms with Crippen LogP contribution in [0.2, 0.25) is 0 Å². The number of imidazole rings is 1. The molecule has 3 heterocycles. The van der Waals surface area contributed by atoms with Gasteiger partial charge in [0.25, 0.3) is 0 Å². The maximum absolute atomic E-state index is 5.39. The SMILES string of the molecule is c1ccc2[nH]c(Cc3noc([C@@H]4CCCCN4)n3)nc2c1. The van der Waals surface area contributed by atoms with Crippen molar-refractivity contribution in [2.75, 3.05) is 6.54 Å². The number of aromatic nitrogens is 4. The van der Waals surface area contributed by atoms with Gasteiger partial charge in [-0.05, 0) is 31.5 Å². The van der Waals surface area contributed by atoms with Crippen LogP contribution in [-0.4, -0.2) is 26.7 Å². The van der Waals surface area contributed by atoms with E-state index >= 15 is 0 Å². The molecule has 0 spiro atoms. The summed E-state index contributed by atoms with van der Waals surface area (Å²) in [5, 5.41) is 7.49. The summed E-state index contributed by atoms with van der Waals surface area (Å²) in [6.45, 7) is 1.02. The third kappa shape index (κ3) is 2.54. The van der Waals surface area contributed by atoms with Gasteiger partial charge in [-0.3, -0.25) is 0 Å². The molecule has 6 heteroatoms. The van der Waals surface area contributed by atoms with E-state index in [1.165, 1.54) is 12.8 Å². The number of hydrogen-bond donors (Lipinski definition) is 2. The Bertz CT molecular complexity index is 708. The van der Waals surface area contributed by atoms with Gasteiger partial charge < -0.3 is 14.8 Å². The normalized spacial score (nSPS) is 19.1. The zero-order valence-corrected chi connectivity index (χ0v) is 11.7. The molecule has 1 fully saturated rings. The van der Waals surface area contributed by atoms with Gasteiger partial charge in [0.2, 0.25) is 5.89 Å². The van der Waals surface area contributed by atoms with Crippen LogP contribution in [0.15, 0.2) is 28.8 Å². The molecule has 1 aliphatic rings. The number of aromatic amines is 1. The Morgan fingerprint density at radius 2 is 2.14 bits per heavy atom. The highest BCUT2D eigenvalue weighted by Crippen LogP contribution is 2.21. The monoisotopic (exact) mass is 283 g/mol. The van der Waals surface area contributed by atoms with Gasteiger partial charge in [-0.25, -0.2) is 4.98 Å². The molecule has 1 aliphatic heterocycles. The van der Waals surface area contributed by atoms with Gasteiger partial charge in [-0.2, -0.15) is 4.98 Å². The van der Waals surface area contributed by atoms with Gasteiger partial charge in [-0.15, -0.1) is 0 Å². The highest BCUT2D eigenvalue weighted by molar-refractivity contribution is 5.74. The first kappa shape index (κ1) is 12.5. The van der Waals surface area contributed by atoms with Crippen LogP contribution in [0.1, 0.15) is 42.8 Å². The van der Waals surface area contributed by atoms with Gasteiger partial charge in [0, 0.05) is 0 Å². The maximum Gasteiger partial charge on any atom is 0.243 e. The Morgan fingerprint density at radius 1 is 1.19 bits per heavy atom. The average Bonchev–Trinajstić information content (AvgIpc) is 3.14. The Kier molecular flexibility index (Phi) is 3.16. The van der Waals surface area contributed by atoms with E-state index in [-0.39, 0.29) is 6.04 Å². The number of benzene rings is 1. The molecule has 0 unspecified atom stereocenters. The standard InChI is InChI=1S/C15H17N5O/c1-2-6-11-10(5-1)17-13(18-11)9-14-19-15(21-20-14)12-7-3-4-8-16-12/h1-2,5-6,12,16H,3-4,7-9H2,(H,17,18)/t12-/m0/s1. The lowest BCUT2D eigenvalue weighted by molar-refractivity contribution is 0.296. The quantitative estimate of drug-likeness (QED) is 0.771. The number of piperidine rings is 1. The van der Waals surface area contributed by atoms with E-state index in [0.29, 0.717) is 18.1 Å². The summed E-state index contributed by atoms with van der Waals surface area (Å²) in [4.78, 5) is 12.3. The summed E-state index contributed by atoms with van der Waals surface area (Å²) < 4.78 is 5.39. The smallest absolute Gasteiger partial charge is 0.243 e. The first-order valence-electron chi connectivity index (χ1n) is 7.38. The van der Waals surface area contributed by atoms with E-state index in [2.05, 4.69) is 25.4 Å². The van der Waals surface area contributed by atoms with Crippen LogP contribution in [0.3, 0.4) is 0 Å². The van der Waals surface area contributed by atoms with Crippen molar-refractivity contribution < 1.29 is 4.52 Å². The summed E-state index contributed by atoms with van der Waals surface area (Å²) in [5.41, 5.74) is 2.00. The summed E-state index contributed by atoms with van der Waals surface area (Å²) in [6, 6.07) is 8.18. The number of para-hydroxylation sites is 2. The summed E-state index contributed by atoms with van der Waals surface area (Å²) in [6.07, 6.45) is 4.05. The van der Waals surface area contributed by atoms with Crippen LogP contribution in [0, 0.1) is 0 Å². The van der Waals surface area contributed by atoms with Crippen molar-refractivity contribution in [3.05, 3.63) is 41.8 Å². The van der Waals surface area contributed by atoms with Crippen LogP contribution in [-0.2, 0) is 6.42 Å². The van der Waals surface area contributed by atoms with Crippen molar-refractivity contribution in [1.82, 2.24) is 25.4 Å². The fraction of sp³-hybridized carbons (Fsp3) is 0.400. The third-order valence-corrected chi connectivity index (χ3v) is 3.86. The number of nitrogens with zero attached hydrogens (tertiary/aromatic N) is 3. The van der Waals surface area contributed by atoms with Gasteiger partial charge in [0.15, 0.2) is 5.82 Å². The minimum absolute atomic E-state index is 0.204. The molecule has 21 heavy (non-hydrogen) atoms. The van der Waals surface area contributed by atoms with E-state index < -0.39 is 0 Å². The predicted octanol–water partition coefficient (Wildman–Crippen LogP) is 2.35. The Balaban J connectivity index is 1.52. The largest absolute Gasteiger partial charge is 0.342 e. The summed E-state index contributed by atoms with van der Waals surface area (Å²) >= 11 is 0. The van der Waals surface area contributed by atoms with Crippen molar-refractivity contribution in [3.8, 4) is 0 Å². The second-order valence-corrected chi connectivity index (χ2v) is 5.43. The molecule has 0 bridgehead atoms. The molecule has 108 valence electrons. The lowest BCUT2D eigenvalue weighted by Gasteiger charge is -2.19. The van der Waals surface area contributed by atoms with Crippen molar-refractivity contribution in [2.45, 2.75) is 31.7 Å². The highest BCUT2D eigenvalue weighted by atomic mass is 16.5. The average molecular weight is 283 g/mol. The summed E-state index contributed by atoms with van der Waals surface area (Å²) in [7, 11) is 0. The second-order valence-electron chi connectivity index (χ2n) is 5.43. The first-order valence-corrected chi connectivity index (χ1v) is 7.38. The van der Waals surface area contributed by atoms with Crippen LogP contribution in [0.4, 0.5) is 0 Å². The van der Waals surface area contributed by atoms with E-state index in [4.69, 9.17) is 4.52 Å². The fourth-order valence-corrected chi connectivity index (χ4v) is 2.78. The highest BCUT2D eigenvalue weighted by Gasteiger charge is 2.21. The molecule has 6 nitrogen and oxygen atoms in total. The van der Waals surface area contributed by atoms with Crippen molar-refractivity contribution >= 4 is 11.0 Å². The van der Waals surface area contributed by atoms with Gasteiger partial charge in [0.1, 0.15) is 5.82 Å². The zero-order chi connectivity index (χ0) is 14.1. The zero-order valence-electron chi connectivity index (χ0n) is 11.7. The molecule has 0 saturated carbocycles. The minimum atomic E-state index is 0.204. The van der Waals surface area contributed by atoms with Gasteiger partial charge in [-0.1, -0.05) is 23.7 Å². The molecule has 1 aromatic carbocycles. The topological polar surface area (TPSA) is 79.6 Å². The predicted molar refractivity (Wildman–Crippen MR) is 77.8 cm³/mol. The van der Waals surface area contributed by atoms with Crippen LogP contribution >= 0.6 is 0 Å². The van der Waals surface area contributed by atoms with Crippen molar-refractivity contribution in [2.24, 2.45) is 0 Å². The number of rotatable bonds is 3. The number of H-pyrrole nitrogens is 1. The van der Waals surface area contributed by atoms with E-state index in [0.717, 1.165) is 29.8 Å². The van der Waals surface area contributed by atoms with Crippen molar-refractivity contribution in [3.63, 3.8) is 0 Å². The number of fused-ring (bicyclic) bond motifs is 1. The Labute approximate surface area is 122 Å². The van der Waals surface area contributed by atoms with Crippen LogP contribution in [0.25, 0.3) is 11.0 Å².